The summed E-state index contributed by atoms with van der Waals surface area (Å²) in [5.74, 6) is 3.53. The first-order valence-corrected chi connectivity index (χ1v) is 5.12. The molecule has 0 bridgehead atoms. The molecule has 1 rings (SSSR count). The molecule has 0 spiro atoms. The van der Waals surface area contributed by atoms with Crippen LogP contribution in [0.15, 0.2) is 12.3 Å². The fraction of sp³-hybridized carbons (Fsp3) is 0.417. The summed E-state index contributed by atoms with van der Waals surface area (Å²) in [5.41, 5.74) is 7.31. The molecular weight excluding hydrogens is 186 g/mol. The predicted octanol–water partition coefficient (Wildman–Crippen LogP) is 2.19. The lowest BCUT2D eigenvalue weighted by Crippen LogP contribution is -2.18. The minimum atomic E-state index is 0.0461. The van der Waals surface area contributed by atoms with Gasteiger partial charge in [0.15, 0.2) is 0 Å². The van der Waals surface area contributed by atoms with Gasteiger partial charge in [0.1, 0.15) is 5.82 Å². The van der Waals surface area contributed by atoms with Crippen LogP contribution >= 0.6 is 0 Å². The third kappa shape index (κ3) is 3.17. The van der Waals surface area contributed by atoms with Crippen molar-refractivity contribution >= 4 is 11.5 Å². The van der Waals surface area contributed by atoms with Crippen LogP contribution in [-0.2, 0) is 0 Å². The van der Waals surface area contributed by atoms with Gasteiger partial charge in [0.25, 0.3) is 0 Å². The smallest absolute Gasteiger partial charge is 0.129 e. The summed E-state index contributed by atoms with van der Waals surface area (Å²) >= 11 is 0. The third-order valence-electron chi connectivity index (χ3n) is 2.19. The highest BCUT2D eigenvalue weighted by Crippen LogP contribution is 2.15. The van der Waals surface area contributed by atoms with Crippen molar-refractivity contribution in [2.75, 3.05) is 11.1 Å². The van der Waals surface area contributed by atoms with E-state index in [4.69, 9.17) is 12.2 Å². The van der Waals surface area contributed by atoms with Crippen molar-refractivity contribution in [3.8, 4) is 12.3 Å². The Kier molecular flexibility index (Phi) is 3.99. The number of aryl methyl sites for hydroxylation is 1. The first-order chi connectivity index (χ1) is 7.17. The second-order valence-corrected chi connectivity index (χ2v) is 3.59. The number of hydrogen-bond acceptors (Lipinski definition) is 3. The van der Waals surface area contributed by atoms with Crippen LogP contribution in [0.4, 0.5) is 11.5 Å². The van der Waals surface area contributed by atoms with Gasteiger partial charge in [0.05, 0.1) is 17.9 Å². The van der Waals surface area contributed by atoms with Gasteiger partial charge in [0.2, 0.25) is 0 Å². The maximum absolute atomic E-state index is 5.62. The van der Waals surface area contributed by atoms with Gasteiger partial charge in [-0.05, 0) is 25.0 Å². The molecule has 0 aliphatic carbocycles. The molecule has 0 aliphatic heterocycles. The molecule has 0 aliphatic rings. The number of nitrogens with zero attached hydrogens (tertiary/aromatic N) is 1. The van der Waals surface area contributed by atoms with Crippen LogP contribution in [-0.4, -0.2) is 11.0 Å². The number of aromatic nitrogens is 1. The zero-order chi connectivity index (χ0) is 11.3. The van der Waals surface area contributed by atoms with E-state index in [2.05, 4.69) is 23.1 Å². The highest BCUT2D eigenvalue weighted by Gasteiger charge is 2.06. The van der Waals surface area contributed by atoms with E-state index >= 15 is 0 Å². The standard InChI is InChI=1S/C12H17N3/c1-4-6-11(5-2)15-12-9(3)7-10(13)8-14-12/h2,7-8,11H,4,6,13H2,1,3H3,(H,14,15). The van der Waals surface area contributed by atoms with Gasteiger partial charge in [-0.15, -0.1) is 6.42 Å². The van der Waals surface area contributed by atoms with E-state index in [1.165, 1.54) is 0 Å². The molecule has 0 amide bonds. The van der Waals surface area contributed by atoms with E-state index in [0.29, 0.717) is 5.69 Å². The van der Waals surface area contributed by atoms with Gasteiger partial charge in [-0.2, -0.15) is 0 Å². The van der Waals surface area contributed by atoms with Crippen LogP contribution in [0.2, 0.25) is 0 Å². The summed E-state index contributed by atoms with van der Waals surface area (Å²) in [5, 5.41) is 3.22. The highest BCUT2D eigenvalue weighted by molar-refractivity contribution is 5.51. The molecule has 3 heteroatoms. The molecule has 0 saturated carbocycles. The van der Waals surface area contributed by atoms with Crippen molar-refractivity contribution in [1.29, 1.82) is 0 Å². The Bertz CT molecular complexity index is 366. The molecule has 0 fully saturated rings. The van der Waals surface area contributed by atoms with Gasteiger partial charge >= 0.3 is 0 Å². The van der Waals surface area contributed by atoms with Crippen molar-refractivity contribution in [1.82, 2.24) is 4.98 Å². The van der Waals surface area contributed by atoms with Crippen LogP contribution < -0.4 is 11.1 Å². The average Bonchev–Trinajstić information content (AvgIpc) is 2.21. The van der Waals surface area contributed by atoms with Gasteiger partial charge in [-0.1, -0.05) is 19.3 Å². The van der Waals surface area contributed by atoms with Crippen LogP contribution in [0.1, 0.15) is 25.3 Å². The maximum Gasteiger partial charge on any atom is 0.129 e. The minimum absolute atomic E-state index is 0.0461. The van der Waals surface area contributed by atoms with Gasteiger partial charge < -0.3 is 11.1 Å². The van der Waals surface area contributed by atoms with E-state index in [9.17, 15) is 0 Å². The molecule has 0 saturated heterocycles. The summed E-state index contributed by atoms with van der Waals surface area (Å²) in [7, 11) is 0. The van der Waals surface area contributed by atoms with Gasteiger partial charge in [-0.25, -0.2) is 4.98 Å². The number of nitrogens with one attached hydrogen (secondary N) is 1. The van der Waals surface area contributed by atoms with E-state index in [0.717, 1.165) is 24.2 Å². The Balaban J connectivity index is 2.76. The number of rotatable bonds is 4. The molecule has 3 nitrogen and oxygen atoms in total. The molecule has 1 aromatic rings. The Morgan fingerprint density at radius 1 is 1.67 bits per heavy atom. The van der Waals surface area contributed by atoms with E-state index in [1.54, 1.807) is 6.20 Å². The molecule has 80 valence electrons. The first-order valence-electron chi connectivity index (χ1n) is 5.12. The highest BCUT2D eigenvalue weighted by atomic mass is 15.0. The monoisotopic (exact) mass is 203 g/mol. The normalized spacial score (nSPS) is 11.8. The summed E-state index contributed by atoms with van der Waals surface area (Å²) < 4.78 is 0. The lowest BCUT2D eigenvalue weighted by Gasteiger charge is -2.14. The molecule has 1 unspecified atom stereocenters. The fourth-order valence-corrected chi connectivity index (χ4v) is 1.40. The van der Waals surface area contributed by atoms with Crippen LogP contribution in [0.3, 0.4) is 0 Å². The quantitative estimate of drug-likeness (QED) is 0.737. The minimum Gasteiger partial charge on any atom is -0.397 e. The predicted molar refractivity (Wildman–Crippen MR) is 64.5 cm³/mol. The summed E-state index contributed by atoms with van der Waals surface area (Å²) in [6.45, 7) is 4.07. The maximum atomic E-state index is 5.62. The second-order valence-electron chi connectivity index (χ2n) is 3.59. The van der Waals surface area contributed by atoms with E-state index in [1.807, 2.05) is 13.0 Å². The van der Waals surface area contributed by atoms with Crippen molar-refractivity contribution in [3.05, 3.63) is 17.8 Å². The number of nitrogens with two attached hydrogens (primary N) is 1. The van der Waals surface area contributed by atoms with Crippen LogP contribution in [0.5, 0.6) is 0 Å². The Labute approximate surface area is 91.1 Å². The van der Waals surface area contributed by atoms with Crippen LogP contribution in [0.25, 0.3) is 0 Å². The summed E-state index contributed by atoms with van der Waals surface area (Å²) in [4.78, 5) is 4.22. The largest absolute Gasteiger partial charge is 0.397 e. The molecule has 1 aromatic heterocycles. The number of nitrogen functional groups attached to an aromatic ring is 1. The van der Waals surface area contributed by atoms with Crippen molar-refractivity contribution < 1.29 is 0 Å². The second kappa shape index (κ2) is 5.26. The molecule has 15 heavy (non-hydrogen) atoms. The number of pyridine rings is 1. The summed E-state index contributed by atoms with van der Waals surface area (Å²) in [6.07, 6.45) is 9.05. The van der Waals surface area contributed by atoms with Gasteiger partial charge in [0, 0.05) is 0 Å². The van der Waals surface area contributed by atoms with Gasteiger partial charge in [-0.3, -0.25) is 0 Å². The van der Waals surface area contributed by atoms with Crippen molar-refractivity contribution in [2.45, 2.75) is 32.7 Å². The lowest BCUT2D eigenvalue weighted by molar-refractivity contribution is 0.752. The molecular formula is C12H17N3. The van der Waals surface area contributed by atoms with E-state index < -0.39 is 0 Å². The third-order valence-corrected chi connectivity index (χ3v) is 2.19. The number of hydrogen-bond donors (Lipinski definition) is 2. The molecule has 0 aromatic carbocycles. The zero-order valence-corrected chi connectivity index (χ0v) is 9.25. The molecule has 1 heterocycles. The van der Waals surface area contributed by atoms with Crippen molar-refractivity contribution in [2.24, 2.45) is 0 Å². The SMILES string of the molecule is C#CC(CCC)Nc1ncc(N)cc1C. The first kappa shape index (κ1) is 11.4. The Hall–Kier alpha value is -1.69. The van der Waals surface area contributed by atoms with Crippen molar-refractivity contribution in [3.63, 3.8) is 0 Å². The fourth-order valence-electron chi connectivity index (χ4n) is 1.40. The zero-order valence-electron chi connectivity index (χ0n) is 9.25. The lowest BCUT2D eigenvalue weighted by atomic mass is 10.1. The Morgan fingerprint density at radius 3 is 2.93 bits per heavy atom. The molecule has 1 atom stereocenters. The summed E-state index contributed by atoms with van der Waals surface area (Å²) in [6, 6.07) is 1.93. The average molecular weight is 203 g/mol. The van der Waals surface area contributed by atoms with E-state index in [-0.39, 0.29) is 6.04 Å². The van der Waals surface area contributed by atoms with Crippen LogP contribution in [0, 0.1) is 19.3 Å². The molecule has 3 N–H and O–H groups in total. The molecule has 0 radical (unpaired) electrons. The topological polar surface area (TPSA) is 50.9 Å². The number of terminal acetylenes is 1. The number of anilines is 2. The Morgan fingerprint density at radius 2 is 2.40 bits per heavy atom.